The molecule has 2 aromatic rings. The van der Waals surface area contributed by atoms with Crippen LogP contribution in [0.3, 0.4) is 0 Å². The van der Waals surface area contributed by atoms with E-state index >= 15 is 0 Å². The monoisotopic (exact) mass is 302 g/mol. The molecule has 0 unspecified atom stereocenters. The minimum absolute atomic E-state index is 0.152. The molecule has 0 atom stereocenters. The zero-order valence-corrected chi connectivity index (χ0v) is 12.4. The van der Waals surface area contributed by atoms with Crippen molar-refractivity contribution in [2.75, 3.05) is 13.1 Å². The molecule has 1 aliphatic heterocycles. The molecule has 0 radical (unpaired) electrons. The zero-order valence-electron chi connectivity index (χ0n) is 12.4. The van der Waals surface area contributed by atoms with E-state index in [1.54, 1.807) is 10.6 Å². The molecule has 5 N–H and O–H groups in total. The van der Waals surface area contributed by atoms with Crippen LogP contribution < -0.4 is 16.6 Å². The number of aromatic hydroxyl groups is 1. The number of carbonyl (C=O) groups excluding carboxylic acids is 1. The minimum Gasteiger partial charge on any atom is -0.506 e. The van der Waals surface area contributed by atoms with Crippen molar-refractivity contribution in [3.63, 3.8) is 0 Å². The molecule has 1 aromatic heterocycles. The van der Waals surface area contributed by atoms with E-state index in [2.05, 4.69) is 11.1 Å². The van der Waals surface area contributed by atoms with Gasteiger partial charge in [0.25, 0.3) is 11.5 Å². The highest BCUT2D eigenvalue weighted by Gasteiger charge is 2.25. The van der Waals surface area contributed by atoms with E-state index in [1.807, 2.05) is 12.1 Å². The Morgan fingerprint density at radius 1 is 1.36 bits per heavy atom. The van der Waals surface area contributed by atoms with Crippen LogP contribution in [0.4, 0.5) is 0 Å². The van der Waals surface area contributed by atoms with Gasteiger partial charge in [0.2, 0.25) is 0 Å². The van der Waals surface area contributed by atoms with Crippen LogP contribution in [0.5, 0.6) is 5.75 Å². The Morgan fingerprint density at radius 3 is 2.95 bits per heavy atom. The third-order valence-electron chi connectivity index (χ3n) is 4.13. The summed E-state index contributed by atoms with van der Waals surface area (Å²) >= 11 is 0. The second-order valence-electron chi connectivity index (χ2n) is 5.56. The second kappa shape index (κ2) is 5.81. The molecule has 0 bridgehead atoms. The van der Waals surface area contributed by atoms with Crippen LogP contribution in [0.1, 0.15) is 28.8 Å². The molecule has 0 spiro atoms. The van der Waals surface area contributed by atoms with Crippen LogP contribution in [0.2, 0.25) is 0 Å². The van der Waals surface area contributed by atoms with Gasteiger partial charge in [0.1, 0.15) is 11.3 Å². The van der Waals surface area contributed by atoms with Gasteiger partial charge in [-0.1, -0.05) is 12.1 Å². The lowest BCUT2D eigenvalue weighted by atomic mass is 10.1. The van der Waals surface area contributed by atoms with Gasteiger partial charge in [-0.05, 0) is 30.9 Å². The highest BCUT2D eigenvalue weighted by molar-refractivity contribution is 6.03. The van der Waals surface area contributed by atoms with Crippen LogP contribution in [-0.4, -0.2) is 28.7 Å². The quantitative estimate of drug-likeness (QED) is 0.679. The lowest BCUT2D eigenvalue weighted by molar-refractivity contribution is -0.368. The first-order valence-electron chi connectivity index (χ1n) is 7.60. The SMILES string of the molecule is [NH3+]CCCCNC(=O)c1c(O)c2cccc3c2n(c1=O)CC3. The van der Waals surface area contributed by atoms with E-state index < -0.39 is 11.5 Å². The number of nitrogens with zero attached hydrogens (tertiary/aromatic N) is 1. The molecular formula is C16H20N3O3+. The Kier molecular flexibility index (Phi) is 3.85. The van der Waals surface area contributed by atoms with Crippen molar-refractivity contribution in [2.45, 2.75) is 25.8 Å². The fourth-order valence-corrected chi connectivity index (χ4v) is 3.02. The fraction of sp³-hybridized carbons (Fsp3) is 0.375. The molecule has 3 rings (SSSR count). The van der Waals surface area contributed by atoms with Gasteiger partial charge in [0, 0.05) is 18.5 Å². The van der Waals surface area contributed by atoms with Crippen molar-refractivity contribution in [1.82, 2.24) is 9.88 Å². The first-order valence-corrected chi connectivity index (χ1v) is 7.60. The molecule has 0 saturated carbocycles. The van der Waals surface area contributed by atoms with E-state index in [0.717, 1.165) is 36.9 Å². The summed E-state index contributed by atoms with van der Waals surface area (Å²) < 4.78 is 1.59. The largest absolute Gasteiger partial charge is 0.506 e. The number of rotatable bonds is 5. The number of pyridine rings is 1. The predicted octanol–water partition coefficient (Wildman–Crippen LogP) is 0.0151. The number of hydrogen-bond donors (Lipinski definition) is 3. The average molecular weight is 302 g/mol. The van der Waals surface area contributed by atoms with Gasteiger partial charge in [-0.3, -0.25) is 9.59 Å². The summed E-state index contributed by atoms with van der Waals surface area (Å²) in [6.45, 7) is 1.84. The summed E-state index contributed by atoms with van der Waals surface area (Å²) in [4.78, 5) is 24.8. The molecule has 22 heavy (non-hydrogen) atoms. The van der Waals surface area contributed by atoms with Gasteiger partial charge in [0.05, 0.1) is 12.1 Å². The van der Waals surface area contributed by atoms with Gasteiger partial charge in [-0.2, -0.15) is 0 Å². The van der Waals surface area contributed by atoms with E-state index in [1.165, 1.54) is 0 Å². The molecule has 0 fully saturated rings. The summed E-state index contributed by atoms with van der Waals surface area (Å²) in [6, 6.07) is 5.53. The third-order valence-corrected chi connectivity index (χ3v) is 4.13. The molecular weight excluding hydrogens is 282 g/mol. The van der Waals surface area contributed by atoms with E-state index in [9.17, 15) is 14.7 Å². The summed E-state index contributed by atoms with van der Waals surface area (Å²) in [7, 11) is 0. The van der Waals surface area contributed by atoms with Crippen LogP contribution in [0.25, 0.3) is 10.9 Å². The number of hydrogen-bond acceptors (Lipinski definition) is 3. The number of quaternary nitrogens is 1. The number of carbonyl (C=O) groups is 1. The molecule has 6 nitrogen and oxygen atoms in total. The summed E-state index contributed by atoms with van der Waals surface area (Å²) in [6.07, 6.45) is 2.47. The highest BCUT2D eigenvalue weighted by atomic mass is 16.3. The number of unbranched alkanes of at least 4 members (excludes halogenated alkanes) is 1. The maximum absolute atomic E-state index is 12.5. The molecule has 1 amide bonds. The molecule has 1 aliphatic rings. The summed E-state index contributed by atoms with van der Waals surface area (Å²) in [5.41, 5.74) is 4.96. The summed E-state index contributed by atoms with van der Waals surface area (Å²) in [5.74, 6) is -0.718. The minimum atomic E-state index is -0.505. The van der Waals surface area contributed by atoms with E-state index in [0.29, 0.717) is 18.5 Å². The zero-order chi connectivity index (χ0) is 15.7. The Hall–Kier alpha value is -2.34. The number of benzene rings is 1. The smallest absolute Gasteiger partial charge is 0.267 e. The first-order chi connectivity index (χ1) is 10.6. The van der Waals surface area contributed by atoms with Crippen LogP contribution >= 0.6 is 0 Å². The molecule has 1 aromatic carbocycles. The van der Waals surface area contributed by atoms with Gasteiger partial charge in [-0.15, -0.1) is 0 Å². The van der Waals surface area contributed by atoms with Crippen molar-refractivity contribution >= 4 is 16.8 Å². The van der Waals surface area contributed by atoms with Gasteiger partial charge in [-0.25, -0.2) is 0 Å². The Morgan fingerprint density at radius 2 is 2.18 bits per heavy atom. The van der Waals surface area contributed by atoms with E-state index in [-0.39, 0.29) is 11.3 Å². The molecule has 116 valence electrons. The number of nitrogens with one attached hydrogen (secondary N) is 1. The van der Waals surface area contributed by atoms with Gasteiger partial charge < -0.3 is 20.7 Å². The molecule has 6 heteroatoms. The lowest BCUT2D eigenvalue weighted by Crippen LogP contribution is -2.50. The van der Waals surface area contributed by atoms with E-state index in [4.69, 9.17) is 0 Å². The van der Waals surface area contributed by atoms with Gasteiger partial charge >= 0.3 is 0 Å². The van der Waals surface area contributed by atoms with Gasteiger partial charge in [0.15, 0.2) is 0 Å². The average Bonchev–Trinajstić information content (AvgIpc) is 2.95. The Labute approximate surface area is 127 Å². The Balaban J connectivity index is 2.02. The van der Waals surface area contributed by atoms with Crippen LogP contribution in [0.15, 0.2) is 23.0 Å². The number of aromatic nitrogens is 1. The van der Waals surface area contributed by atoms with Crippen molar-refractivity contribution in [1.29, 1.82) is 0 Å². The molecule has 0 aliphatic carbocycles. The fourth-order valence-electron chi connectivity index (χ4n) is 3.02. The molecule has 0 saturated heterocycles. The van der Waals surface area contributed by atoms with Crippen molar-refractivity contribution in [3.05, 3.63) is 39.7 Å². The maximum Gasteiger partial charge on any atom is 0.267 e. The number of aryl methyl sites for hydroxylation is 2. The first kappa shape index (κ1) is 14.6. The predicted molar refractivity (Wildman–Crippen MR) is 82.9 cm³/mol. The third kappa shape index (κ3) is 2.25. The highest BCUT2D eigenvalue weighted by Crippen LogP contribution is 2.31. The summed E-state index contributed by atoms with van der Waals surface area (Å²) in [5, 5.41) is 13.7. The van der Waals surface area contributed by atoms with Crippen molar-refractivity contribution in [2.24, 2.45) is 0 Å². The topological polar surface area (TPSA) is 99.0 Å². The van der Waals surface area contributed by atoms with Crippen LogP contribution in [0, 0.1) is 0 Å². The molecule has 2 heterocycles. The maximum atomic E-state index is 12.5. The van der Waals surface area contributed by atoms with Crippen LogP contribution in [-0.2, 0) is 13.0 Å². The number of para-hydroxylation sites is 1. The van der Waals surface area contributed by atoms with Crippen molar-refractivity contribution < 1.29 is 15.6 Å². The lowest BCUT2D eigenvalue weighted by Gasteiger charge is -2.11. The normalized spacial score (nSPS) is 12.8. The number of amides is 1. The van der Waals surface area contributed by atoms with Crippen molar-refractivity contribution in [3.8, 4) is 5.75 Å². The standard InChI is InChI=1S/C16H19N3O3/c17-7-1-2-8-18-15(21)12-14(20)11-5-3-4-10-6-9-19(13(10)11)16(12)22/h3-5,20H,1-2,6-9,17H2,(H,18,21)/p+1. The Bertz CT molecular complexity index is 795. The second-order valence-corrected chi connectivity index (χ2v) is 5.56.